The first-order valence-electron chi connectivity index (χ1n) is 3.11. The lowest BCUT2D eigenvalue weighted by atomic mass is 10.6. The van der Waals surface area contributed by atoms with E-state index in [4.69, 9.17) is 0 Å². The third kappa shape index (κ3) is 36.6. The topological polar surface area (TPSA) is 26.3 Å². The first-order valence-corrected chi connectivity index (χ1v) is 3.11. The summed E-state index contributed by atoms with van der Waals surface area (Å²) in [5.41, 5.74) is 0. The van der Waals surface area contributed by atoms with E-state index < -0.39 is 0 Å². The van der Waals surface area contributed by atoms with Crippen LogP contribution in [0.25, 0.3) is 0 Å². The van der Waals surface area contributed by atoms with Crippen LogP contribution >= 0.6 is 0 Å². The number of hydrogen-bond acceptors (Lipinski definition) is 2. The van der Waals surface area contributed by atoms with Crippen molar-refractivity contribution in [3.63, 3.8) is 0 Å². The van der Waals surface area contributed by atoms with Gasteiger partial charge in [-0.15, -0.1) is 0 Å². The summed E-state index contributed by atoms with van der Waals surface area (Å²) in [6.07, 6.45) is 1.00. The Morgan fingerprint density at radius 1 is 1.56 bits per heavy atom. The minimum Gasteiger partial charge on any atom is -0.466 e. The van der Waals surface area contributed by atoms with Gasteiger partial charge in [0, 0.05) is 6.92 Å². The van der Waals surface area contributed by atoms with Crippen molar-refractivity contribution in [1.29, 1.82) is 0 Å². The third-order valence-electron chi connectivity index (χ3n) is 0.348. The molecular formula is C7H15O2. The van der Waals surface area contributed by atoms with Crippen LogP contribution in [0.5, 0.6) is 0 Å². The second-order valence-corrected chi connectivity index (χ2v) is 1.42. The molecule has 0 aromatic rings. The van der Waals surface area contributed by atoms with Gasteiger partial charge in [0.05, 0.1) is 6.61 Å². The minimum absolute atomic E-state index is 0.211. The average Bonchev–Trinajstić information content (AvgIpc) is 1.67. The van der Waals surface area contributed by atoms with Crippen LogP contribution in [0.4, 0.5) is 0 Å². The summed E-state index contributed by atoms with van der Waals surface area (Å²) in [6.45, 7) is 9.15. The fraction of sp³-hybridized carbons (Fsp3) is 0.714. The van der Waals surface area contributed by atoms with Gasteiger partial charge in [0.1, 0.15) is 0 Å². The van der Waals surface area contributed by atoms with E-state index in [1.807, 2.05) is 6.92 Å². The van der Waals surface area contributed by atoms with E-state index in [-0.39, 0.29) is 5.97 Å². The zero-order valence-electron chi connectivity index (χ0n) is 6.44. The molecule has 0 saturated carbocycles. The van der Waals surface area contributed by atoms with Crippen molar-refractivity contribution in [2.75, 3.05) is 6.61 Å². The van der Waals surface area contributed by atoms with Crippen LogP contribution in [0.2, 0.25) is 0 Å². The van der Waals surface area contributed by atoms with Gasteiger partial charge in [0.2, 0.25) is 0 Å². The normalized spacial score (nSPS) is 7.11. The van der Waals surface area contributed by atoms with E-state index in [1.54, 1.807) is 6.92 Å². The van der Waals surface area contributed by atoms with Crippen molar-refractivity contribution in [3.8, 4) is 0 Å². The Morgan fingerprint density at radius 3 is 1.89 bits per heavy atom. The highest BCUT2D eigenvalue weighted by atomic mass is 16.5. The van der Waals surface area contributed by atoms with Gasteiger partial charge in [-0.3, -0.25) is 4.79 Å². The Kier molecular flexibility index (Phi) is 13.1. The van der Waals surface area contributed by atoms with Gasteiger partial charge in [-0.25, -0.2) is 0 Å². The van der Waals surface area contributed by atoms with Crippen molar-refractivity contribution < 1.29 is 9.53 Å². The van der Waals surface area contributed by atoms with E-state index in [9.17, 15) is 4.79 Å². The maximum Gasteiger partial charge on any atom is 0.302 e. The number of carbonyl (C=O) groups is 1. The first-order chi connectivity index (χ1) is 4.18. The molecule has 1 radical (unpaired) electrons. The summed E-state index contributed by atoms with van der Waals surface area (Å²) in [5, 5.41) is 0. The fourth-order valence-electron chi connectivity index (χ4n) is 0.203. The van der Waals surface area contributed by atoms with Gasteiger partial charge in [-0.1, -0.05) is 20.3 Å². The summed E-state index contributed by atoms with van der Waals surface area (Å²) in [5.74, 6) is -0.211. The molecule has 0 amide bonds. The van der Waals surface area contributed by atoms with Crippen molar-refractivity contribution >= 4 is 5.97 Å². The van der Waals surface area contributed by atoms with Crippen LogP contribution in [0.15, 0.2) is 0 Å². The highest BCUT2D eigenvalue weighted by molar-refractivity contribution is 5.65. The van der Waals surface area contributed by atoms with E-state index in [1.165, 1.54) is 6.92 Å². The van der Waals surface area contributed by atoms with E-state index >= 15 is 0 Å². The highest BCUT2D eigenvalue weighted by Gasteiger charge is 1.81. The molecule has 0 rings (SSSR count). The number of hydrogen-bond donors (Lipinski definition) is 0. The second-order valence-electron chi connectivity index (χ2n) is 1.42. The number of esters is 1. The molecule has 0 aromatic carbocycles. The molecule has 55 valence electrons. The molecule has 2 heteroatoms. The lowest BCUT2D eigenvalue weighted by Crippen LogP contribution is -1.95. The van der Waals surface area contributed by atoms with Crippen LogP contribution in [0, 0.1) is 6.92 Å². The molecule has 0 aliphatic rings. The maximum absolute atomic E-state index is 9.82. The van der Waals surface area contributed by atoms with Gasteiger partial charge in [-0.05, 0) is 6.92 Å². The molecule has 0 aliphatic heterocycles. The van der Waals surface area contributed by atoms with Crippen LogP contribution in [0.1, 0.15) is 27.2 Å². The van der Waals surface area contributed by atoms with Gasteiger partial charge in [0.25, 0.3) is 0 Å². The van der Waals surface area contributed by atoms with E-state index in [0.717, 1.165) is 6.42 Å². The largest absolute Gasteiger partial charge is 0.466 e. The Balaban J connectivity index is 0. The van der Waals surface area contributed by atoms with Crippen molar-refractivity contribution in [2.45, 2.75) is 27.2 Å². The summed E-state index contributed by atoms with van der Waals surface area (Å²) < 4.78 is 4.40. The van der Waals surface area contributed by atoms with E-state index in [0.29, 0.717) is 6.61 Å². The molecule has 0 atom stereocenters. The van der Waals surface area contributed by atoms with Gasteiger partial charge < -0.3 is 4.74 Å². The van der Waals surface area contributed by atoms with Crippen molar-refractivity contribution in [1.82, 2.24) is 0 Å². The summed E-state index contributed by atoms with van der Waals surface area (Å²) in [6, 6.07) is 0. The SMILES string of the molecule is CCOC(C)=O.[CH2]CC. The summed E-state index contributed by atoms with van der Waals surface area (Å²) >= 11 is 0. The molecule has 0 heterocycles. The lowest BCUT2D eigenvalue weighted by Gasteiger charge is -1.89. The summed E-state index contributed by atoms with van der Waals surface area (Å²) in [4.78, 5) is 9.82. The van der Waals surface area contributed by atoms with Crippen LogP contribution in [0.3, 0.4) is 0 Å². The Bertz CT molecular complexity index is 59.9. The third-order valence-corrected chi connectivity index (χ3v) is 0.348. The Hall–Kier alpha value is -0.530. The molecular weight excluding hydrogens is 116 g/mol. The van der Waals surface area contributed by atoms with E-state index in [2.05, 4.69) is 11.7 Å². The highest BCUT2D eigenvalue weighted by Crippen LogP contribution is 1.69. The molecule has 9 heavy (non-hydrogen) atoms. The standard InChI is InChI=1S/C4H8O2.C3H7/c1-3-6-4(2)5;1-3-2/h3H2,1-2H3;1,3H2,2H3. The second kappa shape index (κ2) is 10.5. The smallest absolute Gasteiger partial charge is 0.302 e. The lowest BCUT2D eigenvalue weighted by molar-refractivity contribution is -0.140. The Morgan fingerprint density at radius 2 is 1.89 bits per heavy atom. The minimum atomic E-state index is -0.211. The molecule has 0 bridgehead atoms. The number of carbonyl (C=O) groups excluding carboxylic acids is 1. The molecule has 2 nitrogen and oxygen atoms in total. The molecule has 0 unspecified atom stereocenters. The average molecular weight is 131 g/mol. The monoisotopic (exact) mass is 131 g/mol. The van der Waals surface area contributed by atoms with Gasteiger partial charge in [0.15, 0.2) is 0 Å². The van der Waals surface area contributed by atoms with Gasteiger partial charge in [-0.2, -0.15) is 0 Å². The summed E-state index contributed by atoms with van der Waals surface area (Å²) in [7, 11) is 0. The van der Waals surface area contributed by atoms with Crippen molar-refractivity contribution in [3.05, 3.63) is 6.92 Å². The molecule has 0 aromatic heterocycles. The predicted molar refractivity (Wildman–Crippen MR) is 38.0 cm³/mol. The van der Waals surface area contributed by atoms with Crippen LogP contribution in [-0.4, -0.2) is 12.6 Å². The number of rotatable bonds is 1. The molecule has 0 saturated heterocycles. The quantitative estimate of drug-likeness (QED) is 0.507. The predicted octanol–water partition coefficient (Wildman–Crippen LogP) is 1.80. The number of ether oxygens (including phenoxy) is 1. The molecule has 0 aliphatic carbocycles. The first kappa shape index (κ1) is 11.3. The molecule has 0 fully saturated rings. The maximum atomic E-state index is 9.82. The Labute approximate surface area is 57.2 Å². The van der Waals surface area contributed by atoms with Crippen LogP contribution in [-0.2, 0) is 9.53 Å². The van der Waals surface area contributed by atoms with Gasteiger partial charge >= 0.3 is 5.97 Å². The fourth-order valence-corrected chi connectivity index (χ4v) is 0.203. The van der Waals surface area contributed by atoms with Crippen LogP contribution < -0.4 is 0 Å². The zero-order chi connectivity index (χ0) is 7.70. The molecule has 0 spiro atoms. The van der Waals surface area contributed by atoms with Crippen molar-refractivity contribution in [2.24, 2.45) is 0 Å². The zero-order valence-corrected chi connectivity index (χ0v) is 6.44. The molecule has 0 N–H and O–H groups in total.